The Morgan fingerprint density at radius 3 is 2.93 bits per heavy atom. The summed E-state index contributed by atoms with van der Waals surface area (Å²) in [4.78, 5) is 15.1. The van der Waals surface area contributed by atoms with E-state index in [-0.39, 0.29) is 12.0 Å². The molecule has 4 N–H and O–H groups in total. The molecule has 0 unspecified atom stereocenters. The van der Waals surface area contributed by atoms with Crippen LogP contribution in [0.3, 0.4) is 0 Å². The minimum absolute atomic E-state index is 0.229. The Kier molecular flexibility index (Phi) is 1.95. The zero-order valence-electron chi connectivity index (χ0n) is 8.07. The zero-order chi connectivity index (χ0) is 10.1. The van der Waals surface area contributed by atoms with Crippen LogP contribution in [-0.2, 0) is 0 Å². The predicted molar refractivity (Wildman–Crippen MR) is 54.9 cm³/mol. The van der Waals surface area contributed by atoms with Crippen LogP contribution >= 0.6 is 0 Å². The summed E-state index contributed by atoms with van der Waals surface area (Å²) in [5, 5.41) is 3.17. The molecule has 6 heteroatoms. The number of nitrogen functional groups attached to an aromatic ring is 1. The van der Waals surface area contributed by atoms with Crippen molar-refractivity contribution >= 4 is 22.9 Å². The first-order valence-electron chi connectivity index (χ1n) is 4.40. The Balaban J connectivity index is 2.55. The monoisotopic (exact) mass is 192 g/mol. The first-order valence-corrected chi connectivity index (χ1v) is 4.40. The molecule has 14 heavy (non-hydrogen) atoms. The molecule has 6 nitrogen and oxygen atoms in total. The van der Waals surface area contributed by atoms with Gasteiger partial charge in [-0.05, 0) is 13.8 Å². The standard InChI is InChI=1S/C8H12N6/c1-4(2)12-7-5-6(11-3-10-5)13-8(9)14-7/h3-4H,1-2H3,(H4,9,10,11,12,13,14). The van der Waals surface area contributed by atoms with Gasteiger partial charge in [-0.1, -0.05) is 0 Å². The van der Waals surface area contributed by atoms with Crippen molar-refractivity contribution in [1.82, 2.24) is 19.9 Å². The Morgan fingerprint density at radius 2 is 2.21 bits per heavy atom. The van der Waals surface area contributed by atoms with Crippen LogP contribution in [-0.4, -0.2) is 26.0 Å². The van der Waals surface area contributed by atoms with Crippen LogP contribution in [0, 0.1) is 0 Å². The van der Waals surface area contributed by atoms with E-state index in [2.05, 4.69) is 25.3 Å². The number of aromatic nitrogens is 4. The highest BCUT2D eigenvalue weighted by Crippen LogP contribution is 2.17. The minimum atomic E-state index is 0.229. The summed E-state index contributed by atoms with van der Waals surface area (Å²) in [5.74, 6) is 0.924. The summed E-state index contributed by atoms with van der Waals surface area (Å²) in [6, 6.07) is 0.288. The van der Waals surface area contributed by atoms with Crippen molar-refractivity contribution < 1.29 is 0 Å². The highest BCUT2D eigenvalue weighted by atomic mass is 15.1. The van der Waals surface area contributed by atoms with Crippen molar-refractivity contribution in [2.45, 2.75) is 19.9 Å². The van der Waals surface area contributed by atoms with Gasteiger partial charge in [0.2, 0.25) is 5.95 Å². The Hall–Kier alpha value is -1.85. The third-order valence-corrected chi connectivity index (χ3v) is 1.73. The average molecular weight is 192 g/mol. The first-order chi connectivity index (χ1) is 6.66. The van der Waals surface area contributed by atoms with Gasteiger partial charge in [0, 0.05) is 6.04 Å². The van der Waals surface area contributed by atoms with Gasteiger partial charge in [0.1, 0.15) is 5.52 Å². The van der Waals surface area contributed by atoms with Gasteiger partial charge in [-0.3, -0.25) is 0 Å². The zero-order valence-corrected chi connectivity index (χ0v) is 8.07. The number of nitrogens with one attached hydrogen (secondary N) is 2. The third-order valence-electron chi connectivity index (χ3n) is 1.73. The molecule has 2 aromatic rings. The van der Waals surface area contributed by atoms with Gasteiger partial charge in [0.05, 0.1) is 6.33 Å². The molecule has 2 heterocycles. The first kappa shape index (κ1) is 8.74. The molecule has 74 valence electrons. The van der Waals surface area contributed by atoms with Crippen LogP contribution < -0.4 is 11.1 Å². The summed E-state index contributed by atoms with van der Waals surface area (Å²) in [6.45, 7) is 4.06. The number of H-pyrrole nitrogens is 1. The fourth-order valence-corrected chi connectivity index (χ4v) is 1.23. The van der Waals surface area contributed by atoms with Crippen molar-refractivity contribution in [2.75, 3.05) is 11.1 Å². The van der Waals surface area contributed by atoms with E-state index in [1.165, 1.54) is 0 Å². The van der Waals surface area contributed by atoms with Gasteiger partial charge < -0.3 is 16.0 Å². The van der Waals surface area contributed by atoms with Crippen molar-refractivity contribution in [3.05, 3.63) is 6.33 Å². The normalized spacial score (nSPS) is 11.1. The average Bonchev–Trinajstić information content (AvgIpc) is 2.50. The van der Waals surface area contributed by atoms with Crippen LogP contribution in [0.4, 0.5) is 11.8 Å². The molecular formula is C8H12N6. The lowest BCUT2D eigenvalue weighted by Crippen LogP contribution is -2.12. The maximum atomic E-state index is 5.54. The third kappa shape index (κ3) is 1.46. The number of nitrogens with zero attached hydrogens (tertiary/aromatic N) is 3. The molecule has 0 saturated carbocycles. The molecule has 2 rings (SSSR count). The van der Waals surface area contributed by atoms with E-state index in [0.29, 0.717) is 11.5 Å². The largest absolute Gasteiger partial charge is 0.368 e. The van der Waals surface area contributed by atoms with Crippen LogP contribution in [0.2, 0.25) is 0 Å². The number of fused-ring (bicyclic) bond motifs is 1. The van der Waals surface area contributed by atoms with Crippen LogP contribution in [0.5, 0.6) is 0 Å². The molecule has 0 atom stereocenters. The molecule has 0 bridgehead atoms. The van der Waals surface area contributed by atoms with E-state index in [1.54, 1.807) is 6.33 Å². The number of hydrogen-bond acceptors (Lipinski definition) is 5. The van der Waals surface area contributed by atoms with E-state index in [1.807, 2.05) is 13.8 Å². The van der Waals surface area contributed by atoms with Crippen molar-refractivity contribution in [1.29, 1.82) is 0 Å². The second kappa shape index (κ2) is 3.13. The summed E-state index contributed by atoms with van der Waals surface area (Å²) in [7, 11) is 0. The smallest absolute Gasteiger partial charge is 0.224 e. The SMILES string of the molecule is CC(C)Nc1nc(N)nc2nc[nH]c12. The summed E-state index contributed by atoms with van der Waals surface area (Å²) < 4.78 is 0. The number of anilines is 2. The quantitative estimate of drug-likeness (QED) is 0.653. The number of nitrogens with two attached hydrogens (primary N) is 1. The minimum Gasteiger partial charge on any atom is -0.368 e. The molecule has 0 aliphatic carbocycles. The maximum Gasteiger partial charge on any atom is 0.224 e. The lowest BCUT2D eigenvalue weighted by molar-refractivity contribution is 0.890. The highest BCUT2D eigenvalue weighted by Gasteiger charge is 2.08. The molecule has 0 amide bonds. The number of rotatable bonds is 2. The van der Waals surface area contributed by atoms with Gasteiger partial charge in [0.15, 0.2) is 11.5 Å². The second-order valence-corrected chi connectivity index (χ2v) is 3.33. The Labute approximate surface area is 81.0 Å². The van der Waals surface area contributed by atoms with Crippen LogP contribution in [0.15, 0.2) is 6.33 Å². The molecule has 0 spiro atoms. The van der Waals surface area contributed by atoms with Gasteiger partial charge in [-0.25, -0.2) is 4.98 Å². The topological polar surface area (TPSA) is 92.5 Å². The molecule has 2 aromatic heterocycles. The maximum absolute atomic E-state index is 5.54. The van der Waals surface area contributed by atoms with E-state index in [0.717, 1.165) is 5.52 Å². The Morgan fingerprint density at radius 1 is 1.43 bits per heavy atom. The van der Waals surface area contributed by atoms with Gasteiger partial charge in [-0.2, -0.15) is 9.97 Å². The van der Waals surface area contributed by atoms with E-state index < -0.39 is 0 Å². The second-order valence-electron chi connectivity index (χ2n) is 3.33. The summed E-state index contributed by atoms with van der Waals surface area (Å²) in [6.07, 6.45) is 1.57. The van der Waals surface area contributed by atoms with Gasteiger partial charge in [0.25, 0.3) is 0 Å². The Bertz CT molecular complexity index is 446. The van der Waals surface area contributed by atoms with Crippen LogP contribution in [0.1, 0.15) is 13.8 Å². The fourth-order valence-electron chi connectivity index (χ4n) is 1.23. The number of hydrogen-bond donors (Lipinski definition) is 3. The highest BCUT2D eigenvalue weighted by molar-refractivity contribution is 5.83. The number of imidazole rings is 1. The van der Waals surface area contributed by atoms with Gasteiger partial charge >= 0.3 is 0 Å². The molecular weight excluding hydrogens is 180 g/mol. The molecule has 0 saturated heterocycles. The van der Waals surface area contributed by atoms with Crippen molar-refractivity contribution in [2.24, 2.45) is 0 Å². The molecule has 0 radical (unpaired) electrons. The summed E-state index contributed by atoms with van der Waals surface area (Å²) >= 11 is 0. The molecule has 0 aliphatic heterocycles. The molecule has 0 aliphatic rings. The lowest BCUT2D eigenvalue weighted by atomic mass is 10.4. The lowest BCUT2D eigenvalue weighted by Gasteiger charge is -2.09. The summed E-state index contributed by atoms with van der Waals surface area (Å²) in [5.41, 5.74) is 6.91. The number of aromatic amines is 1. The van der Waals surface area contributed by atoms with Gasteiger partial charge in [-0.15, -0.1) is 0 Å². The van der Waals surface area contributed by atoms with E-state index in [4.69, 9.17) is 5.73 Å². The van der Waals surface area contributed by atoms with E-state index in [9.17, 15) is 0 Å². The van der Waals surface area contributed by atoms with Crippen molar-refractivity contribution in [3.8, 4) is 0 Å². The van der Waals surface area contributed by atoms with E-state index >= 15 is 0 Å². The molecule has 0 fully saturated rings. The molecule has 0 aromatic carbocycles. The van der Waals surface area contributed by atoms with Crippen LogP contribution in [0.25, 0.3) is 11.2 Å². The van der Waals surface area contributed by atoms with Crippen molar-refractivity contribution in [3.63, 3.8) is 0 Å². The predicted octanol–water partition coefficient (Wildman–Crippen LogP) is 0.755. The fraction of sp³-hybridized carbons (Fsp3) is 0.375.